The molecule has 0 fully saturated rings. The molecular weight excluding hydrogens is 246 g/mol. The molecule has 0 radical (unpaired) electrons. The molecule has 0 atom stereocenters. The molecule has 0 aromatic carbocycles. The molecule has 0 saturated heterocycles. The summed E-state index contributed by atoms with van der Waals surface area (Å²) in [5, 5.41) is 0. The third-order valence-electron chi connectivity index (χ3n) is 3.80. The molecule has 0 unspecified atom stereocenters. The zero-order valence-electron chi connectivity index (χ0n) is 11.8. The minimum atomic E-state index is -1.25. The van der Waals surface area contributed by atoms with Crippen molar-refractivity contribution in [2.75, 3.05) is 12.8 Å². The van der Waals surface area contributed by atoms with Gasteiger partial charge in [0.1, 0.15) is 17.9 Å². The Kier molecular flexibility index (Phi) is 8.46. The van der Waals surface area contributed by atoms with E-state index in [0.717, 1.165) is 6.54 Å². The molecule has 0 aromatic rings. The van der Waals surface area contributed by atoms with Crippen molar-refractivity contribution in [1.82, 2.24) is 4.23 Å². The number of esters is 1. The first-order chi connectivity index (χ1) is 8.10. The fraction of sp³-hybridized carbons (Fsp3) is 0.750. The molecule has 0 amide bonds. The van der Waals surface area contributed by atoms with E-state index in [0.29, 0.717) is 6.23 Å². The number of hydrogen-bond acceptors (Lipinski definition) is 3. The third-order valence-corrected chi connectivity index (χ3v) is 13.5. The quantitative estimate of drug-likeness (QED) is 0.366. The van der Waals surface area contributed by atoms with Gasteiger partial charge in [-0.3, -0.25) is 0 Å². The van der Waals surface area contributed by atoms with Crippen LogP contribution in [0, 0.1) is 0 Å². The van der Waals surface area contributed by atoms with Crippen molar-refractivity contribution in [2.45, 2.75) is 45.8 Å². The zero-order valence-corrected chi connectivity index (χ0v) is 14.2. The first kappa shape index (κ1) is 16.6. The van der Waals surface area contributed by atoms with Gasteiger partial charge >= 0.3 is 5.97 Å². The van der Waals surface area contributed by atoms with Crippen LogP contribution in [0.5, 0.6) is 0 Å². The minimum absolute atomic E-state index is 0.287. The van der Waals surface area contributed by atoms with Gasteiger partial charge in [0.05, 0.1) is 6.23 Å². The lowest BCUT2D eigenvalue weighted by Gasteiger charge is -2.40. The van der Waals surface area contributed by atoms with E-state index >= 15 is 0 Å². The maximum atomic E-state index is 11.0. The van der Waals surface area contributed by atoms with Crippen molar-refractivity contribution in [2.24, 2.45) is 0 Å². The van der Waals surface area contributed by atoms with Crippen molar-refractivity contribution >= 4 is 23.9 Å². The van der Waals surface area contributed by atoms with E-state index < -0.39 is 17.9 Å². The molecule has 0 aliphatic carbocycles. The van der Waals surface area contributed by atoms with Gasteiger partial charge in [-0.05, 0) is 24.7 Å². The highest BCUT2D eigenvalue weighted by Gasteiger charge is 2.33. The normalized spacial score (nSPS) is 12.3. The fourth-order valence-electron chi connectivity index (χ4n) is 2.47. The van der Waals surface area contributed by atoms with Crippen LogP contribution in [0.15, 0.2) is 12.7 Å². The lowest BCUT2D eigenvalue weighted by Crippen LogP contribution is -2.54. The van der Waals surface area contributed by atoms with Crippen LogP contribution in [0.25, 0.3) is 0 Å². The maximum Gasteiger partial charge on any atom is 0.329 e. The Hall–Kier alpha value is -0.396. The molecule has 0 rings (SSSR count). The van der Waals surface area contributed by atoms with Crippen LogP contribution >= 0.6 is 0 Å². The van der Waals surface area contributed by atoms with E-state index in [-0.39, 0.29) is 5.97 Å². The Bertz CT molecular complexity index is 234. The van der Waals surface area contributed by atoms with E-state index in [9.17, 15) is 4.79 Å². The minimum Gasteiger partial charge on any atom is -0.465 e. The van der Waals surface area contributed by atoms with Crippen LogP contribution < -0.4 is 0 Å². The van der Waals surface area contributed by atoms with Gasteiger partial charge in [-0.15, -0.1) is 0 Å². The van der Waals surface area contributed by atoms with Crippen LogP contribution in [0.4, 0.5) is 0 Å². The Morgan fingerprint density at radius 1 is 1.29 bits per heavy atom. The number of hydrogen-bond donors (Lipinski definition) is 0. The Morgan fingerprint density at radius 2 is 1.82 bits per heavy atom. The average Bonchev–Trinajstić information content (AvgIpc) is 2.38. The van der Waals surface area contributed by atoms with Crippen LogP contribution in [-0.4, -0.2) is 40.9 Å². The number of ether oxygens (including phenoxy) is 1. The van der Waals surface area contributed by atoms with Crippen molar-refractivity contribution in [3.8, 4) is 0 Å². The van der Waals surface area contributed by atoms with Gasteiger partial charge in [0, 0.05) is 6.08 Å². The van der Waals surface area contributed by atoms with E-state index in [1.54, 1.807) is 0 Å². The Balaban J connectivity index is 4.39. The van der Waals surface area contributed by atoms with Crippen molar-refractivity contribution in [1.29, 1.82) is 0 Å². The third kappa shape index (κ3) is 4.77. The summed E-state index contributed by atoms with van der Waals surface area (Å²) in [6.45, 7) is 13.7. The first-order valence-corrected chi connectivity index (χ1v) is 10.8. The molecule has 0 spiro atoms. The predicted octanol–water partition coefficient (Wildman–Crippen LogP) is 2.08. The van der Waals surface area contributed by atoms with Gasteiger partial charge in [-0.25, -0.2) is 4.79 Å². The van der Waals surface area contributed by atoms with Crippen LogP contribution in [0.1, 0.15) is 27.7 Å². The average molecular weight is 274 g/mol. The summed E-state index contributed by atoms with van der Waals surface area (Å²) < 4.78 is 7.84. The molecular formula is C12H27NO2Si2. The fourth-order valence-corrected chi connectivity index (χ4v) is 11.0. The molecule has 0 heterocycles. The summed E-state index contributed by atoms with van der Waals surface area (Å²) in [5.74, 6) is -0.287. The zero-order chi connectivity index (χ0) is 13.3. The molecule has 17 heavy (non-hydrogen) atoms. The number of carbonyl (C=O) groups is 1. The Labute approximate surface area is 109 Å². The van der Waals surface area contributed by atoms with Crippen molar-refractivity contribution < 1.29 is 9.53 Å². The summed E-state index contributed by atoms with van der Waals surface area (Å²) in [4.78, 5) is 11.0. The van der Waals surface area contributed by atoms with E-state index in [1.807, 2.05) is 0 Å². The van der Waals surface area contributed by atoms with Crippen molar-refractivity contribution in [3.63, 3.8) is 0 Å². The van der Waals surface area contributed by atoms with E-state index in [4.69, 9.17) is 4.74 Å². The number of rotatable bonds is 9. The summed E-state index contributed by atoms with van der Waals surface area (Å²) >= 11 is 0. The number of carbonyl (C=O) groups excluding carboxylic acids is 1. The highest BCUT2D eigenvalue weighted by atomic mass is 28.4. The Morgan fingerprint density at radius 3 is 2.18 bits per heavy atom. The van der Waals surface area contributed by atoms with Crippen LogP contribution in [-0.2, 0) is 9.53 Å². The molecule has 5 heteroatoms. The lowest BCUT2D eigenvalue weighted by molar-refractivity contribution is -0.135. The lowest BCUT2D eigenvalue weighted by atomic mass is 10.7. The van der Waals surface area contributed by atoms with Gasteiger partial charge in [0.25, 0.3) is 0 Å². The predicted molar refractivity (Wildman–Crippen MR) is 79.3 cm³/mol. The molecule has 0 aromatic heterocycles. The second-order valence-corrected chi connectivity index (χ2v) is 11.7. The van der Waals surface area contributed by atoms with Crippen LogP contribution in [0.3, 0.4) is 0 Å². The molecule has 0 aliphatic heterocycles. The van der Waals surface area contributed by atoms with E-state index in [1.165, 1.54) is 24.2 Å². The molecule has 3 nitrogen and oxygen atoms in total. The van der Waals surface area contributed by atoms with Gasteiger partial charge in [-0.1, -0.05) is 34.3 Å². The maximum absolute atomic E-state index is 11.0. The van der Waals surface area contributed by atoms with Gasteiger partial charge in [-0.2, -0.15) is 0 Å². The number of nitrogens with zero attached hydrogens (tertiary/aromatic N) is 1. The smallest absolute Gasteiger partial charge is 0.329 e. The highest BCUT2D eigenvalue weighted by molar-refractivity contribution is 6.82. The van der Waals surface area contributed by atoms with Gasteiger partial charge in [0.2, 0.25) is 0 Å². The van der Waals surface area contributed by atoms with Gasteiger partial charge < -0.3 is 8.97 Å². The molecule has 0 N–H and O–H groups in total. The van der Waals surface area contributed by atoms with E-state index in [2.05, 4.69) is 38.5 Å². The van der Waals surface area contributed by atoms with Crippen molar-refractivity contribution in [3.05, 3.63) is 12.7 Å². The standard InChI is InChI=1S/C12H27NO2Si2/c1-6-12(14)15-11-16-13(7-2)17(8-3,9-4)10-5/h6H,1,7-11,16H2,2-5H3. The summed E-state index contributed by atoms with van der Waals surface area (Å²) in [6.07, 6.45) is 1.86. The summed E-state index contributed by atoms with van der Waals surface area (Å²) in [7, 11) is -1.71. The van der Waals surface area contributed by atoms with Crippen LogP contribution in [0.2, 0.25) is 18.1 Å². The molecule has 0 aliphatic rings. The molecule has 0 bridgehead atoms. The largest absolute Gasteiger partial charge is 0.465 e. The molecule has 100 valence electrons. The van der Waals surface area contributed by atoms with Gasteiger partial charge in [0.15, 0.2) is 0 Å². The SMILES string of the molecule is C=CC(=O)OC[SiH2]N(CC)[Si](CC)(CC)CC. The first-order valence-electron chi connectivity index (χ1n) is 6.64. The second-order valence-electron chi connectivity index (χ2n) is 4.24. The molecule has 0 saturated carbocycles. The monoisotopic (exact) mass is 273 g/mol. The highest BCUT2D eigenvalue weighted by Crippen LogP contribution is 2.23. The topological polar surface area (TPSA) is 29.5 Å². The summed E-state index contributed by atoms with van der Waals surface area (Å²) in [6, 6.07) is 3.91. The second kappa shape index (κ2) is 8.66. The summed E-state index contributed by atoms with van der Waals surface area (Å²) in [5.41, 5.74) is 0.